The number of carbonyl (C=O) groups is 2. The van der Waals surface area contributed by atoms with Gasteiger partial charge >= 0.3 is 6.18 Å². The van der Waals surface area contributed by atoms with Gasteiger partial charge in [0.05, 0.1) is 12.7 Å². The Morgan fingerprint density at radius 1 is 1.00 bits per heavy atom. The lowest BCUT2D eigenvalue weighted by atomic mass is 10.1. The zero-order chi connectivity index (χ0) is 25.2. The number of pyridine rings is 1. The van der Waals surface area contributed by atoms with Crippen molar-refractivity contribution in [2.45, 2.75) is 6.18 Å². The molecule has 3 N–H and O–H groups in total. The third-order valence-corrected chi connectivity index (χ3v) is 4.34. The number of primary amides is 1. The molecule has 7 nitrogen and oxygen atoms in total. The number of nitrogens with one attached hydrogen (secondary N) is 1. The summed E-state index contributed by atoms with van der Waals surface area (Å²) < 4.78 is 92.1. The average Bonchev–Trinajstić information content (AvgIpc) is 2.76. The van der Waals surface area contributed by atoms with Crippen LogP contribution in [0.5, 0.6) is 17.2 Å². The number of hydrogen-bond donors (Lipinski definition) is 2. The van der Waals surface area contributed by atoms with Gasteiger partial charge in [0, 0.05) is 11.9 Å². The largest absolute Gasteiger partial charge is 0.490 e. The number of nitrogens with zero attached hydrogens (tertiary/aromatic N) is 1. The van der Waals surface area contributed by atoms with E-state index in [0.29, 0.717) is 18.2 Å². The monoisotopic (exact) mass is 485 g/mol. The number of halogens is 6. The minimum Gasteiger partial charge on any atom is -0.490 e. The fraction of sp³-hybridized carbons (Fsp3) is 0.0952. The number of hydrogen-bond acceptors (Lipinski definition) is 5. The van der Waals surface area contributed by atoms with Crippen LogP contribution in [-0.2, 0) is 6.18 Å². The number of methoxy groups -OCH3 is 1. The summed E-state index contributed by atoms with van der Waals surface area (Å²) >= 11 is 0. The van der Waals surface area contributed by atoms with Crippen molar-refractivity contribution in [1.82, 2.24) is 4.98 Å². The molecule has 1 heterocycles. The first-order chi connectivity index (χ1) is 15.9. The Hall–Kier alpha value is -4.29. The van der Waals surface area contributed by atoms with Gasteiger partial charge in [-0.15, -0.1) is 0 Å². The van der Waals surface area contributed by atoms with Gasteiger partial charge < -0.3 is 20.5 Å². The first-order valence-corrected chi connectivity index (χ1v) is 9.10. The van der Waals surface area contributed by atoms with Crippen LogP contribution in [0, 0.1) is 17.5 Å². The molecule has 0 fully saturated rings. The zero-order valence-corrected chi connectivity index (χ0v) is 17.0. The van der Waals surface area contributed by atoms with Crippen LogP contribution in [0.2, 0.25) is 0 Å². The summed E-state index contributed by atoms with van der Waals surface area (Å²) in [6, 6.07) is 4.61. The van der Waals surface area contributed by atoms with Crippen molar-refractivity contribution in [3.63, 3.8) is 0 Å². The Balaban J connectivity index is 2.11. The van der Waals surface area contributed by atoms with Crippen LogP contribution < -0.4 is 20.5 Å². The second kappa shape index (κ2) is 9.29. The number of anilines is 1. The molecule has 3 aromatic rings. The zero-order valence-electron chi connectivity index (χ0n) is 17.0. The number of benzene rings is 2. The van der Waals surface area contributed by atoms with Crippen molar-refractivity contribution in [2.75, 3.05) is 12.4 Å². The summed E-state index contributed by atoms with van der Waals surface area (Å²) in [5.41, 5.74) is 1.66. The number of alkyl halides is 3. The lowest BCUT2D eigenvalue weighted by Crippen LogP contribution is -2.19. The summed E-state index contributed by atoms with van der Waals surface area (Å²) in [5.74, 6) is -9.25. The fourth-order valence-corrected chi connectivity index (χ4v) is 2.81. The highest BCUT2D eigenvalue weighted by atomic mass is 19.4. The van der Waals surface area contributed by atoms with Gasteiger partial charge in [0.15, 0.2) is 17.4 Å². The SMILES string of the molecule is COc1c(Oc2ccc(C(F)(F)F)c(F)c2C(=O)Nc2ccnc(C(N)=O)c2)ccc(F)c1F. The molecule has 0 aliphatic heterocycles. The van der Waals surface area contributed by atoms with E-state index >= 15 is 0 Å². The lowest BCUT2D eigenvalue weighted by Gasteiger charge is -2.17. The maximum atomic E-state index is 14.9. The van der Waals surface area contributed by atoms with E-state index in [9.17, 15) is 35.9 Å². The topological polar surface area (TPSA) is 104 Å². The molecule has 0 saturated heterocycles. The summed E-state index contributed by atoms with van der Waals surface area (Å²) in [6.45, 7) is 0. The van der Waals surface area contributed by atoms with Gasteiger partial charge in [0.1, 0.15) is 17.0 Å². The van der Waals surface area contributed by atoms with E-state index in [0.717, 1.165) is 31.5 Å². The molecule has 0 bridgehead atoms. The molecule has 1 aromatic heterocycles. The molecule has 0 aliphatic carbocycles. The normalized spacial score (nSPS) is 11.1. The Morgan fingerprint density at radius 2 is 1.68 bits per heavy atom. The van der Waals surface area contributed by atoms with Crippen LogP contribution in [0.15, 0.2) is 42.6 Å². The molecule has 0 spiro atoms. The molecule has 2 aromatic carbocycles. The fourth-order valence-electron chi connectivity index (χ4n) is 2.81. The van der Waals surface area contributed by atoms with Crippen LogP contribution in [-0.4, -0.2) is 23.9 Å². The number of ether oxygens (including phenoxy) is 2. The summed E-state index contributed by atoms with van der Waals surface area (Å²) in [5, 5.41) is 2.11. The summed E-state index contributed by atoms with van der Waals surface area (Å²) in [6.07, 6.45) is -4.10. The highest BCUT2D eigenvalue weighted by Gasteiger charge is 2.37. The highest BCUT2D eigenvalue weighted by Crippen LogP contribution is 2.40. The molecule has 178 valence electrons. The third-order valence-electron chi connectivity index (χ3n) is 4.34. The average molecular weight is 485 g/mol. The molecular formula is C21H13F6N3O4. The molecular weight excluding hydrogens is 472 g/mol. The Kier molecular flexibility index (Phi) is 6.66. The summed E-state index contributed by atoms with van der Waals surface area (Å²) in [7, 11) is 0.964. The predicted molar refractivity (Wildman–Crippen MR) is 105 cm³/mol. The third kappa shape index (κ3) is 4.87. The van der Waals surface area contributed by atoms with Crippen molar-refractivity contribution in [3.8, 4) is 17.2 Å². The van der Waals surface area contributed by atoms with Crippen LogP contribution in [0.3, 0.4) is 0 Å². The Labute approximate surface area is 187 Å². The second-order valence-corrected chi connectivity index (χ2v) is 6.54. The van der Waals surface area contributed by atoms with E-state index in [2.05, 4.69) is 10.3 Å². The van der Waals surface area contributed by atoms with Crippen LogP contribution in [0.4, 0.5) is 32.0 Å². The van der Waals surface area contributed by atoms with Gasteiger partial charge in [-0.25, -0.2) is 8.78 Å². The standard InChI is InChI=1S/C21H13F6N3O4/c1-33-18-14(5-3-11(22)17(18)24)34-13-4-2-10(21(25,26)27)16(23)15(13)20(32)30-9-6-7-29-12(8-9)19(28)31/h2-8H,1H3,(H2,28,31)(H,29,30,32). The smallest absolute Gasteiger partial charge is 0.419 e. The molecule has 34 heavy (non-hydrogen) atoms. The van der Waals surface area contributed by atoms with E-state index in [1.165, 1.54) is 0 Å². The van der Waals surface area contributed by atoms with Gasteiger partial charge in [-0.1, -0.05) is 0 Å². The Morgan fingerprint density at radius 3 is 2.29 bits per heavy atom. The maximum absolute atomic E-state index is 14.9. The quantitative estimate of drug-likeness (QED) is 0.494. The number of carbonyl (C=O) groups excluding carboxylic acids is 2. The molecule has 0 saturated carbocycles. The van der Waals surface area contributed by atoms with Crippen molar-refractivity contribution >= 4 is 17.5 Å². The summed E-state index contributed by atoms with van der Waals surface area (Å²) in [4.78, 5) is 27.7. The molecule has 3 rings (SSSR count). The first-order valence-electron chi connectivity index (χ1n) is 9.10. The van der Waals surface area contributed by atoms with E-state index in [4.69, 9.17) is 15.2 Å². The number of aromatic nitrogens is 1. The first kappa shape index (κ1) is 24.4. The second-order valence-electron chi connectivity index (χ2n) is 6.54. The molecule has 13 heteroatoms. The van der Waals surface area contributed by atoms with Crippen molar-refractivity contribution in [2.24, 2.45) is 5.73 Å². The molecule has 0 atom stereocenters. The van der Waals surface area contributed by atoms with Gasteiger partial charge in [-0.2, -0.15) is 17.6 Å². The molecule has 0 radical (unpaired) electrons. The van der Waals surface area contributed by atoms with Crippen molar-refractivity contribution in [3.05, 3.63) is 76.9 Å². The molecule has 2 amide bonds. The van der Waals surface area contributed by atoms with Crippen LogP contribution in [0.1, 0.15) is 26.4 Å². The van der Waals surface area contributed by atoms with E-state index in [1.54, 1.807) is 0 Å². The van der Waals surface area contributed by atoms with Crippen LogP contribution in [0.25, 0.3) is 0 Å². The minimum atomic E-state index is -5.17. The van der Waals surface area contributed by atoms with Gasteiger partial charge in [-0.05, 0) is 36.4 Å². The van der Waals surface area contributed by atoms with Gasteiger partial charge in [0.25, 0.3) is 11.8 Å². The highest BCUT2D eigenvalue weighted by molar-refractivity contribution is 6.07. The minimum absolute atomic E-state index is 0.151. The predicted octanol–water partition coefficient (Wildman–Crippen LogP) is 4.67. The molecule has 0 unspecified atom stereocenters. The number of amides is 2. The molecule has 0 aliphatic rings. The van der Waals surface area contributed by atoms with E-state index in [1.807, 2.05) is 0 Å². The van der Waals surface area contributed by atoms with Crippen molar-refractivity contribution < 1.29 is 45.4 Å². The van der Waals surface area contributed by atoms with Gasteiger partial charge in [-0.3, -0.25) is 14.6 Å². The number of rotatable bonds is 6. The van der Waals surface area contributed by atoms with Gasteiger partial charge in [0.2, 0.25) is 11.6 Å². The van der Waals surface area contributed by atoms with E-state index in [-0.39, 0.29) is 11.4 Å². The lowest BCUT2D eigenvalue weighted by molar-refractivity contribution is -0.140. The Bertz CT molecular complexity index is 1280. The number of nitrogens with two attached hydrogens (primary N) is 1. The van der Waals surface area contributed by atoms with E-state index < -0.39 is 63.8 Å². The van der Waals surface area contributed by atoms with Crippen LogP contribution >= 0.6 is 0 Å². The maximum Gasteiger partial charge on any atom is 0.419 e. The van der Waals surface area contributed by atoms with Crippen molar-refractivity contribution in [1.29, 1.82) is 0 Å².